The lowest BCUT2D eigenvalue weighted by Crippen LogP contribution is -2.62. The molecule has 0 spiro atoms. The Morgan fingerprint density at radius 3 is 1.86 bits per heavy atom. The quantitative estimate of drug-likeness (QED) is 0.311. The molecule has 0 aromatic rings. The predicted molar refractivity (Wildman–Crippen MR) is 92.8 cm³/mol. The molecule has 0 radical (unpaired) electrons. The Kier molecular flexibility index (Phi) is 9.88. The van der Waals surface area contributed by atoms with Crippen LogP contribution < -0.4 is 0 Å². The van der Waals surface area contributed by atoms with Gasteiger partial charge in [-0.1, -0.05) is 13.3 Å². The molecule has 0 aromatic heterocycles. The number of carbonyl (C=O) groups excluding carboxylic acids is 4. The maximum absolute atomic E-state index is 11.6. The number of ether oxygens (including phenoxy) is 6. The lowest BCUT2D eigenvalue weighted by molar-refractivity contribution is -0.304. The molecule has 28 heavy (non-hydrogen) atoms. The summed E-state index contributed by atoms with van der Waals surface area (Å²) in [4.78, 5) is 45.9. The molecule has 10 heteroatoms. The fraction of sp³-hybridized carbons (Fsp3) is 0.778. The molecule has 0 aromatic carbocycles. The van der Waals surface area contributed by atoms with Gasteiger partial charge in [0, 0.05) is 34.3 Å². The molecule has 1 aliphatic heterocycles. The highest BCUT2D eigenvalue weighted by Crippen LogP contribution is 2.30. The largest absolute Gasteiger partial charge is 0.463 e. The van der Waals surface area contributed by atoms with E-state index < -0.39 is 54.6 Å². The Balaban J connectivity index is 3.22. The van der Waals surface area contributed by atoms with Gasteiger partial charge in [0.05, 0.1) is 0 Å². The third kappa shape index (κ3) is 7.81. The molecule has 1 unspecified atom stereocenters. The molecular formula is C18H28O10. The minimum atomic E-state index is -1.32. The molecule has 0 saturated carbocycles. The van der Waals surface area contributed by atoms with E-state index in [4.69, 9.17) is 28.4 Å². The standard InChI is InChI=1S/C18H28O10/c1-6-7-8-23-16-15(25-11(3)20)14(9-24-10(2)19)28-18(27-13(5)22)17(16)26-12(4)21/h14-18H,6-9H2,1-5H3/t14-,15-,16-,17+,18?/m1/s1. The molecule has 0 bridgehead atoms. The molecule has 0 N–H and O–H groups in total. The van der Waals surface area contributed by atoms with Crippen molar-refractivity contribution in [3.63, 3.8) is 0 Å². The summed E-state index contributed by atoms with van der Waals surface area (Å²) in [5.41, 5.74) is 0. The van der Waals surface area contributed by atoms with Gasteiger partial charge in [-0.2, -0.15) is 0 Å². The summed E-state index contributed by atoms with van der Waals surface area (Å²) >= 11 is 0. The van der Waals surface area contributed by atoms with E-state index in [0.29, 0.717) is 6.42 Å². The molecule has 1 saturated heterocycles. The Bertz CT molecular complexity index is 561. The van der Waals surface area contributed by atoms with Gasteiger partial charge in [-0.15, -0.1) is 0 Å². The minimum absolute atomic E-state index is 0.272. The highest BCUT2D eigenvalue weighted by molar-refractivity contribution is 5.68. The highest BCUT2D eigenvalue weighted by atomic mass is 16.7. The Hall–Kier alpha value is -2.20. The van der Waals surface area contributed by atoms with E-state index in [1.54, 1.807) is 0 Å². The second-order valence-corrected chi connectivity index (χ2v) is 6.29. The Morgan fingerprint density at radius 1 is 0.786 bits per heavy atom. The van der Waals surface area contributed by atoms with E-state index in [0.717, 1.165) is 6.42 Å². The van der Waals surface area contributed by atoms with Gasteiger partial charge in [0.15, 0.2) is 12.2 Å². The lowest BCUT2D eigenvalue weighted by atomic mass is 9.98. The van der Waals surface area contributed by atoms with Gasteiger partial charge < -0.3 is 28.4 Å². The van der Waals surface area contributed by atoms with E-state index in [1.807, 2.05) is 6.92 Å². The van der Waals surface area contributed by atoms with Gasteiger partial charge in [-0.3, -0.25) is 19.2 Å². The molecule has 1 fully saturated rings. The maximum Gasteiger partial charge on any atom is 0.305 e. The maximum atomic E-state index is 11.6. The van der Waals surface area contributed by atoms with E-state index in [9.17, 15) is 19.2 Å². The van der Waals surface area contributed by atoms with E-state index in [-0.39, 0.29) is 13.2 Å². The smallest absolute Gasteiger partial charge is 0.305 e. The number of esters is 4. The summed E-state index contributed by atoms with van der Waals surface area (Å²) in [6.07, 6.45) is -3.98. The molecule has 1 rings (SSSR count). The highest BCUT2D eigenvalue weighted by Gasteiger charge is 2.52. The van der Waals surface area contributed by atoms with Gasteiger partial charge in [0.25, 0.3) is 0 Å². The summed E-state index contributed by atoms with van der Waals surface area (Å²) in [7, 11) is 0. The molecular weight excluding hydrogens is 376 g/mol. The predicted octanol–water partition coefficient (Wildman–Crippen LogP) is 0.886. The summed E-state index contributed by atoms with van der Waals surface area (Å²) < 4.78 is 32.2. The molecule has 10 nitrogen and oxygen atoms in total. The van der Waals surface area contributed by atoms with Crippen molar-refractivity contribution < 1.29 is 47.6 Å². The average molecular weight is 404 g/mol. The van der Waals surface area contributed by atoms with E-state index >= 15 is 0 Å². The molecule has 0 amide bonds. The minimum Gasteiger partial charge on any atom is -0.463 e. The zero-order chi connectivity index (χ0) is 21.3. The summed E-state index contributed by atoms with van der Waals surface area (Å²) in [6.45, 7) is 6.73. The average Bonchev–Trinajstić information content (AvgIpc) is 2.56. The molecule has 1 aliphatic rings. The van der Waals surface area contributed by atoms with Crippen molar-refractivity contribution in [1.82, 2.24) is 0 Å². The van der Waals surface area contributed by atoms with Crippen molar-refractivity contribution in [3.8, 4) is 0 Å². The van der Waals surface area contributed by atoms with Crippen LogP contribution in [0.1, 0.15) is 47.5 Å². The first-order valence-electron chi connectivity index (χ1n) is 9.07. The fourth-order valence-electron chi connectivity index (χ4n) is 2.67. The van der Waals surface area contributed by atoms with Crippen molar-refractivity contribution in [2.24, 2.45) is 0 Å². The van der Waals surface area contributed by atoms with Crippen molar-refractivity contribution >= 4 is 23.9 Å². The van der Waals surface area contributed by atoms with Crippen molar-refractivity contribution in [3.05, 3.63) is 0 Å². The SMILES string of the molecule is CCCCO[C@@H]1[C@H](OC(C)=O)[C@@H](COC(C)=O)OC(OC(C)=O)[C@H]1OC(C)=O. The lowest BCUT2D eigenvalue weighted by Gasteiger charge is -2.44. The third-order valence-electron chi connectivity index (χ3n) is 3.74. The molecule has 160 valence electrons. The van der Waals surface area contributed by atoms with Crippen LogP contribution in [0.2, 0.25) is 0 Å². The van der Waals surface area contributed by atoms with Gasteiger partial charge in [0.2, 0.25) is 6.29 Å². The topological polar surface area (TPSA) is 124 Å². The first-order valence-corrected chi connectivity index (χ1v) is 9.07. The van der Waals surface area contributed by atoms with E-state index in [2.05, 4.69) is 0 Å². The van der Waals surface area contributed by atoms with E-state index in [1.165, 1.54) is 27.7 Å². The van der Waals surface area contributed by atoms with Crippen LogP contribution in [0.4, 0.5) is 0 Å². The summed E-state index contributed by atoms with van der Waals surface area (Å²) in [6, 6.07) is 0. The number of carbonyl (C=O) groups is 4. The van der Waals surface area contributed by atoms with Crippen LogP contribution in [-0.4, -0.2) is 67.8 Å². The van der Waals surface area contributed by atoms with Crippen LogP contribution in [-0.2, 0) is 47.6 Å². The van der Waals surface area contributed by atoms with Crippen LogP contribution in [0.15, 0.2) is 0 Å². The Labute approximate surface area is 163 Å². The van der Waals surface area contributed by atoms with Gasteiger partial charge in [0.1, 0.15) is 18.8 Å². The number of unbranched alkanes of at least 4 members (excludes halogenated alkanes) is 1. The second kappa shape index (κ2) is 11.6. The molecule has 5 atom stereocenters. The second-order valence-electron chi connectivity index (χ2n) is 6.29. The van der Waals surface area contributed by atoms with Crippen LogP contribution in [0, 0.1) is 0 Å². The number of hydrogen-bond acceptors (Lipinski definition) is 10. The summed E-state index contributed by atoms with van der Waals surface area (Å²) in [5, 5.41) is 0. The van der Waals surface area contributed by atoms with Crippen LogP contribution in [0.5, 0.6) is 0 Å². The molecule has 1 heterocycles. The number of rotatable bonds is 9. The third-order valence-corrected chi connectivity index (χ3v) is 3.74. The first kappa shape index (κ1) is 23.8. The van der Waals surface area contributed by atoms with Gasteiger partial charge >= 0.3 is 23.9 Å². The zero-order valence-electron chi connectivity index (χ0n) is 16.8. The van der Waals surface area contributed by atoms with Crippen molar-refractivity contribution in [2.75, 3.05) is 13.2 Å². The van der Waals surface area contributed by atoms with Gasteiger partial charge in [-0.25, -0.2) is 0 Å². The van der Waals surface area contributed by atoms with Gasteiger partial charge in [-0.05, 0) is 6.42 Å². The Morgan fingerprint density at radius 2 is 1.36 bits per heavy atom. The van der Waals surface area contributed by atoms with Crippen LogP contribution in [0.3, 0.4) is 0 Å². The summed E-state index contributed by atoms with van der Waals surface area (Å²) in [5.74, 6) is -2.53. The zero-order valence-corrected chi connectivity index (χ0v) is 16.8. The molecule has 0 aliphatic carbocycles. The fourth-order valence-corrected chi connectivity index (χ4v) is 2.67. The normalized spacial score (nSPS) is 26.8. The number of hydrogen-bond donors (Lipinski definition) is 0. The first-order chi connectivity index (χ1) is 13.1. The van der Waals surface area contributed by atoms with Crippen molar-refractivity contribution in [2.45, 2.75) is 78.2 Å². The van der Waals surface area contributed by atoms with Crippen LogP contribution in [0.25, 0.3) is 0 Å². The van der Waals surface area contributed by atoms with Crippen LogP contribution >= 0.6 is 0 Å². The van der Waals surface area contributed by atoms with Crippen molar-refractivity contribution in [1.29, 1.82) is 0 Å². The monoisotopic (exact) mass is 404 g/mol.